The summed E-state index contributed by atoms with van der Waals surface area (Å²) in [6.07, 6.45) is 1.92. The van der Waals surface area contributed by atoms with E-state index in [-0.39, 0.29) is 24.7 Å². The molecule has 0 unspecified atom stereocenters. The number of hydrogen-bond acceptors (Lipinski definition) is 7. The van der Waals surface area contributed by atoms with Crippen molar-refractivity contribution in [2.24, 2.45) is 0 Å². The first-order valence-corrected chi connectivity index (χ1v) is 11.4. The molecule has 0 bridgehead atoms. The third-order valence-corrected chi connectivity index (χ3v) is 6.14. The summed E-state index contributed by atoms with van der Waals surface area (Å²) in [4.78, 5) is 29.3. The quantitative estimate of drug-likeness (QED) is 0.468. The fraction of sp³-hybridized carbons (Fsp3) is 0.462. The minimum absolute atomic E-state index is 0.177. The number of rotatable bonds is 11. The average Bonchev–Trinajstić information content (AvgIpc) is 2.96. The first-order chi connectivity index (χ1) is 16.4. The fourth-order valence-corrected chi connectivity index (χ4v) is 4.16. The minimum Gasteiger partial charge on any atom is -0.493 e. The maximum Gasteiger partial charge on any atom is 0.233 e. The van der Waals surface area contributed by atoms with E-state index in [2.05, 4.69) is 4.90 Å². The van der Waals surface area contributed by atoms with E-state index >= 15 is 0 Å². The van der Waals surface area contributed by atoms with Gasteiger partial charge in [0, 0.05) is 13.1 Å². The Balaban J connectivity index is 1.53. The normalized spacial score (nSPS) is 13.5. The number of ether oxygens (including phenoxy) is 4. The molecule has 0 aliphatic carbocycles. The molecule has 1 aliphatic heterocycles. The summed E-state index contributed by atoms with van der Waals surface area (Å²) < 4.78 is 21.4. The molecule has 0 N–H and O–H groups in total. The zero-order valence-corrected chi connectivity index (χ0v) is 20.7. The topological polar surface area (TPSA) is 77.5 Å². The molecular weight excluding hydrogens is 436 g/mol. The molecule has 2 aromatic rings. The third kappa shape index (κ3) is 5.99. The van der Waals surface area contributed by atoms with Crippen molar-refractivity contribution in [2.45, 2.75) is 25.7 Å². The molecule has 0 atom stereocenters. The van der Waals surface area contributed by atoms with Crippen LogP contribution in [0.2, 0.25) is 0 Å². The molecule has 1 heterocycles. The Kier molecular flexibility index (Phi) is 8.76. The Labute approximate surface area is 201 Å². The average molecular weight is 471 g/mol. The van der Waals surface area contributed by atoms with Crippen molar-refractivity contribution < 1.29 is 28.5 Å². The van der Waals surface area contributed by atoms with Crippen molar-refractivity contribution in [2.75, 3.05) is 55.1 Å². The Morgan fingerprint density at radius 1 is 0.765 bits per heavy atom. The number of hydrogen-bond donors (Lipinski definition) is 0. The standard InChI is InChI=1S/C26H34N2O6/c1-27(12-9-18-7-8-21(31-2)22(13-18)32-3)10-6-11-28-25(29)16-19-14-23(33-4)24(34-5)15-20(19)17-26(28)30/h7-8,13-15H,6,9-12,16-17H2,1-5H3. The highest BCUT2D eigenvalue weighted by molar-refractivity contribution is 5.99. The summed E-state index contributed by atoms with van der Waals surface area (Å²) in [6, 6.07) is 9.53. The second-order valence-electron chi connectivity index (χ2n) is 8.36. The van der Waals surface area contributed by atoms with Crippen LogP contribution in [0.1, 0.15) is 23.1 Å². The Hall–Kier alpha value is -3.26. The van der Waals surface area contributed by atoms with Crippen molar-refractivity contribution in [1.82, 2.24) is 9.80 Å². The Bertz CT molecular complexity index is 978. The molecule has 2 aromatic carbocycles. The monoisotopic (exact) mass is 470 g/mol. The lowest BCUT2D eigenvalue weighted by molar-refractivity contribution is -0.143. The van der Waals surface area contributed by atoms with Gasteiger partial charge in [0.05, 0.1) is 41.3 Å². The highest BCUT2D eigenvalue weighted by atomic mass is 16.5. The number of nitrogens with zero attached hydrogens (tertiary/aromatic N) is 2. The molecule has 8 nitrogen and oxygen atoms in total. The summed E-state index contributed by atoms with van der Waals surface area (Å²) in [7, 11) is 8.41. The van der Waals surface area contributed by atoms with Crippen LogP contribution < -0.4 is 18.9 Å². The van der Waals surface area contributed by atoms with Crippen LogP contribution in [0.15, 0.2) is 30.3 Å². The number of carbonyl (C=O) groups is 2. The van der Waals surface area contributed by atoms with Crippen molar-refractivity contribution in [3.63, 3.8) is 0 Å². The van der Waals surface area contributed by atoms with Crippen LogP contribution in [0.25, 0.3) is 0 Å². The van der Waals surface area contributed by atoms with Crippen LogP contribution in [-0.4, -0.2) is 76.7 Å². The number of benzene rings is 2. The lowest BCUT2D eigenvalue weighted by Crippen LogP contribution is -2.39. The molecule has 1 aliphatic rings. The van der Waals surface area contributed by atoms with E-state index in [4.69, 9.17) is 18.9 Å². The molecule has 0 radical (unpaired) electrons. The Morgan fingerprint density at radius 2 is 1.29 bits per heavy atom. The van der Waals surface area contributed by atoms with Gasteiger partial charge in [0.2, 0.25) is 11.8 Å². The van der Waals surface area contributed by atoms with Crippen LogP contribution in [0, 0.1) is 0 Å². The van der Waals surface area contributed by atoms with E-state index in [1.54, 1.807) is 40.6 Å². The van der Waals surface area contributed by atoms with Gasteiger partial charge in [-0.3, -0.25) is 14.5 Å². The number of methoxy groups -OCH3 is 4. The summed E-state index contributed by atoms with van der Waals surface area (Å²) in [5, 5.41) is 0. The first-order valence-electron chi connectivity index (χ1n) is 11.4. The molecule has 184 valence electrons. The van der Waals surface area contributed by atoms with Crippen molar-refractivity contribution in [1.29, 1.82) is 0 Å². The largest absolute Gasteiger partial charge is 0.493 e. The maximum absolute atomic E-state index is 12.8. The van der Waals surface area contributed by atoms with Gasteiger partial charge >= 0.3 is 0 Å². The molecule has 0 aromatic heterocycles. The highest BCUT2D eigenvalue weighted by Gasteiger charge is 2.28. The predicted molar refractivity (Wildman–Crippen MR) is 129 cm³/mol. The van der Waals surface area contributed by atoms with Gasteiger partial charge in [-0.15, -0.1) is 0 Å². The summed E-state index contributed by atoms with van der Waals surface area (Å²) >= 11 is 0. The maximum atomic E-state index is 12.8. The zero-order valence-electron chi connectivity index (χ0n) is 20.7. The van der Waals surface area contributed by atoms with Crippen LogP contribution in [0.3, 0.4) is 0 Å². The number of fused-ring (bicyclic) bond motifs is 1. The zero-order chi connectivity index (χ0) is 24.7. The lowest BCUT2D eigenvalue weighted by Gasteiger charge is -2.21. The molecule has 3 rings (SSSR count). The molecule has 0 saturated heterocycles. The highest BCUT2D eigenvalue weighted by Crippen LogP contribution is 2.32. The molecule has 0 spiro atoms. The van der Waals surface area contributed by atoms with Gasteiger partial charge < -0.3 is 23.8 Å². The third-order valence-electron chi connectivity index (χ3n) is 6.14. The van der Waals surface area contributed by atoms with E-state index in [0.29, 0.717) is 30.2 Å². The fourth-order valence-electron chi connectivity index (χ4n) is 4.16. The number of amides is 2. The van der Waals surface area contributed by atoms with Gasteiger partial charge in [-0.25, -0.2) is 0 Å². The smallest absolute Gasteiger partial charge is 0.233 e. The molecule has 34 heavy (non-hydrogen) atoms. The molecular formula is C26H34N2O6. The van der Waals surface area contributed by atoms with E-state index < -0.39 is 0 Å². The van der Waals surface area contributed by atoms with E-state index in [1.807, 2.05) is 25.2 Å². The minimum atomic E-state index is -0.177. The van der Waals surface area contributed by atoms with Gasteiger partial charge in [-0.05, 0) is 67.4 Å². The second kappa shape index (κ2) is 11.7. The SMILES string of the molecule is COc1ccc(CCN(C)CCCN2C(=O)Cc3cc(OC)c(OC)cc3CC2=O)cc1OC. The second-order valence-corrected chi connectivity index (χ2v) is 8.36. The van der Waals surface area contributed by atoms with E-state index in [0.717, 1.165) is 42.0 Å². The molecule has 8 heteroatoms. The summed E-state index contributed by atoms with van der Waals surface area (Å²) in [5.74, 6) is 2.20. The molecule has 0 fully saturated rings. The van der Waals surface area contributed by atoms with Gasteiger partial charge in [-0.1, -0.05) is 6.07 Å². The van der Waals surface area contributed by atoms with Gasteiger partial charge in [0.1, 0.15) is 0 Å². The van der Waals surface area contributed by atoms with Gasteiger partial charge in [-0.2, -0.15) is 0 Å². The van der Waals surface area contributed by atoms with Crippen LogP contribution in [0.5, 0.6) is 23.0 Å². The first kappa shape index (κ1) is 25.4. The Morgan fingerprint density at radius 3 is 1.82 bits per heavy atom. The number of imide groups is 1. The van der Waals surface area contributed by atoms with E-state index in [1.165, 1.54) is 4.90 Å². The van der Waals surface area contributed by atoms with Crippen molar-refractivity contribution in [3.05, 3.63) is 47.0 Å². The van der Waals surface area contributed by atoms with Crippen LogP contribution in [-0.2, 0) is 28.9 Å². The van der Waals surface area contributed by atoms with E-state index in [9.17, 15) is 9.59 Å². The summed E-state index contributed by atoms with van der Waals surface area (Å²) in [5.41, 5.74) is 2.78. The number of carbonyl (C=O) groups excluding carboxylic acids is 2. The van der Waals surface area contributed by atoms with Gasteiger partial charge in [0.25, 0.3) is 0 Å². The van der Waals surface area contributed by atoms with Gasteiger partial charge in [0.15, 0.2) is 23.0 Å². The number of likely N-dealkylation sites (N-methyl/N-ethyl adjacent to an activating group) is 1. The predicted octanol–water partition coefficient (Wildman–Crippen LogP) is 2.74. The summed E-state index contributed by atoms with van der Waals surface area (Å²) in [6.45, 7) is 2.03. The van der Waals surface area contributed by atoms with Crippen molar-refractivity contribution in [3.8, 4) is 23.0 Å². The van der Waals surface area contributed by atoms with Crippen LogP contribution in [0.4, 0.5) is 0 Å². The lowest BCUT2D eigenvalue weighted by atomic mass is 10.0. The van der Waals surface area contributed by atoms with Crippen LogP contribution >= 0.6 is 0 Å². The van der Waals surface area contributed by atoms with Crippen molar-refractivity contribution >= 4 is 11.8 Å². The molecule has 2 amide bonds. The molecule has 0 saturated carbocycles.